The summed E-state index contributed by atoms with van der Waals surface area (Å²) in [6.45, 7) is 8.15. The van der Waals surface area contributed by atoms with Gasteiger partial charge in [0.15, 0.2) is 0 Å². The molecule has 1 aromatic rings. The normalized spacial score (nSPS) is 12.4. The lowest BCUT2D eigenvalue weighted by Gasteiger charge is -2.28. The highest BCUT2D eigenvalue weighted by Crippen LogP contribution is 2.19. The minimum absolute atomic E-state index is 0.0163. The van der Waals surface area contributed by atoms with Gasteiger partial charge in [0.1, 0.15) is 0 Å². The largest absolute Gasteiger partial charge is 0.453 e. The molecule has 0 bridgehead atoms. The van der Waals surface area contributed by atoms with Crippen LogP contribution in [0.5, 0.6) is 0 Å². The molecular weight excluding hydrogens is 256 g/mol. The van der Waals surface area contributed by atoms with E-state index in [2.05, 4.69) is 36.1 Å². The van der Waals surface area contributed by atoms with Crippen LogP contribution in [-0.4, -0.2) is 25.2 Å². The number of carbonyl (C=O) groups is 2. The minimum atomic E-state index is -0.564. The summed E-state index contributed by atoms with van der Waals surface area (Å²) < 4.78 is 4.51. The van der Waals surface area contributed by atoms with Crippen molar-refractivity contribution in [1.29, 1.82) is 0 Å². The maximum atomic E-state index is 12.2. The Kier molecular flexibility index (Phi) is 5.13. The molecule has 0 aliphatic rings. The fraction of sp³-hybridized carbons (Fsp3) is 0.467. The summed E-state index contributed by atoms with van der Waals surface area (Å²) in [5.74, 6) is -0.166. The molecule has 0 heterocycles. The molecule has 0 aliphatic carbocycles. The van der Waals surface area contributed by atoms with Gasteiger partial charge in [-0.2, -0.15) is 0 Å². The number of anilines is 1. The lowest BCUT2D eigenvalue weighted by molar-refractivity contribution is 0.0910. The molecule has 2 amide bonds. The Labute approximate surface area is 119 Å². The Bertz CT molecular complexity index is 492. The number of rotatable bonds is 3. The van der Waals surface area contributed by atoms with Crippen molar-refractivity contribution in [1.82, 2.24) is 5.32 Å². The van der Waals surface area contributed by atoms with Crippen LogP contribution in [0.25, 0.3) is 0 Å². The first-order valence-electron chi connectivity index (χ1n) is 6.50. The molecular formula is C15H22N2O3. The van der Waals surface area contributed by atoms with Crippen LogP contribution in [0.15, 0.2) is 24.3 Å². The van der Waals surface area contributed by atoms with Crippen LogP contribution in [0.4, 0.5) is 10.5 Å². The van der Waals surface area contributed by atoms with Gasteiger partial charge in [0.05, 0.1) is 7.11 Å². The number of benzene rings is 1. The molecule has 0 aromatic heterocycles. The Morgan fingerprint density at radius 2 is 1.90 bits per heavy atom. The van der Waals surface area contributed by atoms with Crippen LogP contribution >= 0.6 is 0 Å². The predicted octanol–water partition coefficient (Wildman–Crippen LogP) is 3.03. The molecule has 0 saturated carbocycles. The maximum Gasteiger partial charge on any atom is 0.411 e. The molecule has 5 nitrogen and oxygen atoms in total. The third-order valence-electron chi connectivity index (χ3n) is 3.20. The van der Waals surface area contributed by atoms with Crippen LogP contribution < -0.4 is 10.6 Å². The van der Waals surface area contributed by atoms with E-state index in [4.69, 9.17) is 0 Å². The molecule has 20 heavy (non-hydrogen) atoms. The molecule has 1 rings (SSSR count). The van der Waals surface area contributed by atoms with E-state index in [1.165, 1.54) is 7.11 Å². The van der Waals surface area contributed by atoms with Crippen molar-refractivity contribution in [2.45, 2.75) is 33.7 Å². The Morgan fingerprint density at radius 1 is 1.25 bits per heavy atom. The third kappa shape index (κ3) is 4.57. The van der Waals surface area contributed by atoms with Gasteiger partial charge in [-0.05, 0) is 30.5 Å². The highest BCUT2D eigenvalue weighted by Gasteiger charge is 2.22. The first-order valence-corrected chi connectivity index (χ1v) is 6.50. The number of methoxy groups -OCH3 is 1. The summed E-state index contributed by atoms with van der Waals surface area (Å²) in [5.41, 5.74) is 1.00. The monoisotopic (exact) mass is 278 g/mol. The smallest absolute Gasteiger partial charge is 0.411 e. The van der Waals surface area contributed by atoms with Crippen molar-refractivity contribution in [2.24, 2.45) is 5.41 Å². The van der Waals surface area contributed by atoms with Gasteiger partial charge < -0.3 is 10.1 Å². The van der Waals surface area contributed by atoms with Gasteiger partial charge in [0.25, 0.3) is 5.91 Å². The van der Waals surface area contributed by atoms with Crippen molar-refractivity contribution in [3.63, 3.8) is 0 Å². The number of carbonyl (C=O) groups excluding carboxylic acids is 2. The van der Waals surface area contributed by atoms with Gasteiger partial charge in [-0.25, -0.2) is 4.79 Å². The van der Waals surface area contributed by atoms with Gasteiger partial charge in [-0.15, -0.1) is 0 Å². The maximum absolute atomic E-state index is 12.2. The van der Waals surface area contributed by atoms with E-state index in [1.807, 2.05) is 6.92 Å². The fourth-order valence-corrected chi connectivity index (χ4v) is 1.40. The van der Waals surface area contributed by atoms with E-state index < -0.39 is 6.09 Å². The van der Waals surface area contributed by atoms with Crippen LogP contribution in [-0.2, 0) is 4.74 Å². The van der Waals surface area contributed by atoms with Crippen molar-refractivity contribution >= 4 is 17.7 Å². The van der Waals surface area contributed by atoms with Crippen LogP contribution in [0.2, 0.25) is 0 Å². The van der Waals surface area contributed by atoms with Crippen LogP contribution in [0.3, 0.4) is 0 Å². The van der Waals surface area contributed by atoms with E-state index in [-0.39, 0.29) is 17.4 Å². The summed E-state index contributed by atoms with van der Waals surface area (Å²) in [6.07, 6.45) is -0.564. The van der Waals surface area contributed by atoms with E-state index in [9.17, 15) is 9.59 Å². The van der Waals surface area contributed by atoms with Crippen LogP contribution in [0.1, 0.15) is 38.1 Å². The molecule has 0 saturated heterocycles. The zero-order valence-corrected chi connectivity index (χ0v) is 12.6. The number of ether oxygens (including phenoxy) is 1. The average Bonchev–Trinajstić information content (AvgIpc) is 2.37. The minimum Gasteiger partial charge on any atom is -0.453 e. The summed E-state index contributed by atoms with van der Waals surface area (Å²) in [6, 6.07) is 6.75. The number of nitrogens with one attached hydrogen (secondary N) is 2. The lowest BCUT2D eigenvalue weighted by Crippen LogP contribution is -2.41. The molecule has 1 unspecified atom stereocenters. The molecule has 2 N–H and O–H groups in total. The van der Waals surface area contributed by atoms with Gasteiger partial charge in [-0.3, -0.25) is 10.1 Å². The zero-order chi connectivity index (χ0) is 15.3. The predicted molar refractivity (Wildman–Crippen MR) is 78.9 cm³/mol. The van der Waals surface area contributed by atoms with Crippen molar-refractivity contribution in [3.8, 4) is 0 Å². The van der Waals surface area contributed by atoms with Crippen LogP contribution in [0, 0.1) is 5.41 Å². The number of hydrogen-bond acceptors (Lipinski definition) is 3. The van der Waals surface area contributed by atoms with E-state index in [0.29, 0.717) is 11.3 Å². The highest BCUT2D eigenvalue weighted by molar-refractivity contribution is 5.96. The number of amides is 2. The standard InChI is InChI=1S/C15H22N2O3/c1-10(15(2,3)4)16-13(18)11-7-6-8-12(9-11)17-14(19)20-5/h6-10H,1-5H3,(H,16,18)(H,17,19). The first-order chi connectivity index (χ1) is 9.24. The van der Waals surface area contributed by atoms with Crippen molar-refractivity contribution in [3.05, 3.63) is 29.8 Å². The second-order valence-corrected chi connectivity index (χ2v) is 5.76. The highest BCUT2D eigenvalue weighted by atomic mass is 16.5. The summed E-state index contributed by atoms with van der Waals surface area (Å²) in [7, 11) is 1.29. The van der Waals surface area contributed by atoms with Gasteiger partial charge in [0.2, 0.25) is 0 Å². The zero-order valence-electron chi connectivity index (χ0n) is 12.6. The molecule has 5 heteroatoms. The molecule has 0 spiro atoms. The topological polar surface area (TPSA) is 67.4 Å². The second-order valence-electron chi connectivity index (χ2n) is 5.76. The average molecular weight is 278 g/mol. The summed E-state index contributed by atoms with van der Waals surface area (Å²) >= 11 is 0. The Balaban J connectivity index is 2.79. The second kappa shape index (κ2) is 6.41. The summed E-state index contributed by atoms with van der Waals surface area (Å²) in [4.78, 5) is 23.3. The van der Waals surface area contributed by atoms with E-state index in [0.717, 1.165) is 0 Å². The molecule has 1 aromatic carbocycles. The van der Waals surface area contributed by atoms with Crippen molar-refractivity contribution in [2.75, 3.05) is 12.4 Å². The van der Waals surface area contributed by atoms with Gasteiger partial charge >= 0.3 is 6.09 Å². The van der Waals surface area contributed by atoms with E-state index >= 15 is 0 Å². The fourth-order valence-electron chi connectivity index (χ4n) is 1.40. The van der Waals surface area contributed by atoms with Gasteiger partial charge in [0, 0.05) is 17.3 Å². The van der Waals surface area contributed by atoms with Crippen molar-refractivity contribution < 1.29 is 14.3 Å². The SMILES string of the molecule is COC(=O)Nc1cccc(C(=O)NC(C)C(C)(C)C)c1. The third-order valence-corrected chi connectivity index (χ3v) is 3.20. The van der Waals surface area contributed by atoms with Gasteiger partial charge in [-0.1, -0.05) is 26.8 Å². The van der Waals surface area contributed by atoms with E-state index in [1.54, 1.807) is 24.3 Å². The first kappa shape index (κ1) is 16.0. The lowest BCUT2D eigenvalue weighted by atomic mass is 9.88. The molecule has 1 atom stereocenters. The summed E-state index contributed by atoms with van der Waals surface area (Å²) in [5, 5.41) is 5.48. The molecule has 110 valence electrons. The Hall–Kier alpha value is -2.04. The molecule has 0 radical (unpaired) electrons. The Morgan fingerprint density at radius 3 is 2.45 bits per heavy atom. The number of hydrogen-bond donors (Lipinski definition) is 2. The molecule has 0 aliphatic heterocycles. The molecule has 0 fully saturated rings. The quantitative estimate of drug-likeness (QED) is 0.893.